The molecule has 0 radical (unpaired) electrons. The quantitative estimate of drug-likeness (QED) is 0.939. The SMILES string of the molecule is CCOc1ccc(C(=O)Nc2cnc3c(c2)CCC3)cc1C. The van der Waals surface area contributed by atoms with E-state index in [1.54, 1.807) is 12.3 Å². The van der Waals surface area contributed by atoms with Crippen LogP contribution in [-0.4, -0.2) is 17.5 Å². The molecule has 3 rings (SSSR count). The van der Waals surface area contributed by atoms with Crippen molar-refractivity contribution in [2.75, 3.05) is 11.9 Å². The molecule has 0 saturated heterocycles. The zero-order valence-corrected chi connectivity index (χ0v) is 13.0. The van der Waals surface area contributed by atoms with Crippen molar-refractivity contribution in [3.05, 3.63) is 52.8 Å². The lowest BCUT2D eigenvalue weighted by atomic mass is 10.1. The summed E-state index contributed by atoms with van der Waals surface area (Å²) in [5.74, 6) is 0.698. The monoisotopic (exact) mass is 296 g/mol. The normalized spacial score (nSPS) is 12.8. The van der Waals surface area contributed by atoms with Crippen molar-refractivity contribution < 1.29 is 9.53 Å². The number of carbonyl (C=O) groups excluding carboxylic acids is 1. The molecular formula is C18H20N2O2. The van der Waals surface area contributed by atoms with Crippen molar-refractivity contribution in [2.24, 2.45) is 0 Å². The van der Waals surface area contributed by atoms with E-state index in [-0.39, 0.29) is 5.91 Å². The Morgan fingerprint density at radius 1 is 1.32 bits per heavy atom. The predicted octanol–water partition coefficient (Wildman–Crippen LogP) is 3.53. The van der Waals surface area contributed by atoms with E-state index < -0.39 is 0 Å². The number of hydrogen-bond donors (Lipinski definition) is 1. The molecule has 4 nitrogen and oxygen atoms in total. The summed E-state index contributed by atoms with van der Waals surface area (Å²) < 4.78 is 5.50. The third kappa shape index (κ3) is 2.96. The molecule has 1 amide bonds. The molecule has 4 heteroatoms. The van der Waals surface area contributed by atoms with E-state index in [4.69, 9.17) is 4.74 Å². The van der Waals surface area contributed by atoms with Gasteiger partial charge in [-0.3, -0.25) is 9.78 Å². The summed E-state index contributed by atoms with van der Waals surface area (Å²) in [5, 5.41) is 2.92. The second-order valence-corrected chi connectivity index (χ2v) is 5.55. The van der Waals surface area contributed by atoms with Crippen molar-refractivity contribution >= 4 is 11.6 Å². The minimum absolute atomic E-state index is 0.120. The van der Waals surface area contributed by atoms with E-state index in [0.29, 0.717) is 12.2 Å². The molecule has 1 aromatic carbocycles. The zero-order chi connectivity index (χ0) is 15.5. The number of anilines is 1. The lowest BCUT2D eigenvalue weighted by Gasteiger charge is -2.10. The van der Waals surface area contributed by atoms with Crippen LogP contribution in [0.4, 0.5) is 5.69 Å². The third-order valence-corrected chi connectivity index (χ3v) is 3.91. The summed E-state index contributed by atoms with van der Waals surface area (Å²) in [6, 6.07) is 7.51. The summed E-state index contributed by atoms with van der Waals surface area (Å²) in [6.45, 7) is 4.51. The second-order valence-electron chi connectivity index (χ2n) is 5.55. The summed E-state index contributed by atoms with van der Waals surface area (Å²) in [6.07, 6.45) is 4.98. The Morgan fingerprint density at radius 3 is 2.95 bits per heavy atom. The van der Waals surface area contributed by atoms with Gasteiger partial charge in [-0.1, -0.05) is 0 Å². The Hall–Kier alpha value is -2.36. The molecule has 0 bridgehead atoms. The van der Waals surface area contributed by atoms with Crippen molar-refractivity contribution in [3.8, 4) is 5.75 Å². The number of rotatable bonds is 4. The van der Waals surface area contributed by atoms with Crippen LogP contribution in [0.5, 0.6) is 5.75 Å². The highest BCUT2D eigenvalue weighted by Gasteiger charge is 2.14. The Labute approximate surface area is 130 Å². The Bertz CT molecular complexity index is 710. The molecule has 0 unspecified atom stereocenters. The molecule has 1 N–H and O–H groups in total. The van der Waals surface area contributed by atoms with Gasteiger partial charge in [0.1, 0.15) is 5.75 Å². The van der Waals surface area contributed by atoms with E-state index in [2.05, 4.69) is 10.3 Å². The molecule has 0 spiro atoms. The number of carbonyl (C=O) groups is 1. The number of ether oxygens (including phenoxy) is 1. The Kier molecular flexibility index (Phi) is 4.09. The number of fused-ring (bicyclic) bond motifs is 1. The van der Waals surface area contributed by atoms with Gasteiger partial charge in [0, 0.05) is 11.3 Å². The van der Waals surface area contributed by atoms with Gasteiger partial charge in [-0.2, -0.15) is 0 Å². The van der Waals surface area contributed by atoms with Crippen LogP contribution in [0.3, 0.4) is 0 Å². The highest BCUT2D eigenvalue weighted by molar-refractivity contribution is 6.04. The maximum Gasteiger partial charge on any atom is 0.255 e. The minimum Gasteiger partial charge on any atom is -0.494 e. The highest BCUT2D eigenvalue weighted by atomic mass is 16.5. The van der Waals surface area contributed by atoms with Crippen LogP contribution >= 0.6 is 0 Å². The number of aromatic nitrogens is 1. The smallest absolute Gasteiger partial charge is 0.255 e. The van der Waals surface area contributed by atoms with Crippen molar-refractivity contribution in [1.29, 1.82) is 0 Å². The van der Waals surface area contributed by atoms with Gasteiger partial charge in [-0.25, -0.2) is 0 Å². The minimum atomic E-state index is -0.120. The van der Waals surface area contributed by atoms with Crippen LogP contribution in [0.25, 0.3) is 0 Å². The van der Waals surface area contributed by atoms with Crippen LogP contribution in [0.15, 0.2) is 30.5 Å². The first-order chi connectivity index (χ1) is 10.7. The van der Waals surface area contributed by atoms with E-state index in [1.165, 1.54) is 5.56 Å². The van der Waals surface area contributed by atoms with Gasteiger partial charge in [0.25, 0.3) is 5.91 Å². The van der Waals surface area contributed by atoms with Gasteiger partial charge < -0.3 is 10.1 Å². The molecule has 0 saturated carbocycles. The number of benzene rings is 1. The molecule has 1 aliphatic carbocycles. The number of hydrogen-bond acceptors (Lipinski definition) is 3. The van der Waals surface area contributed by atoms with Gasteiger partial charge in [-0.15, -0.1) is 0 Å². The maximum absolute atomic E-state index is 12.4. The molecule has 0 atom stereocenters. The first-order valence-electron chi connectivity index (χ1n) is 7.70. The zero-order valence-electron chi connectivity index (χ0n) is 13.0. The van der Waals surface area contributed by atoms with Crippen molar-refractivity contribution in [1.82, 2.24) is 4.98 Å². The molecule has 1 heterocycles. The number of aryl methyl sites for hydroxylation is 3. The predicted molar refractivity (Wildman–Crippen MR) is 86.6 cm³/mol. The average Bonchev–Trinajstić information content (AvgIpc) is 2.97. The van der Waals surface area contributed by atoms with Crippen LogP contribution in [0.1, 0.15) is 40.5 Å². The van der Waals surface area contributed by atoms with E-state index in [0.717, 1.165) is 42.0 Å². The topological polar surface area (TPSA) is 51.2 Å². The number of nitrogens with one attached hydrogen (secondary N) is 1. The molecular weight excluding hydrogens is 276 g/mol. The largest absolute Gasteiger partial charge is 0.494 e. The van der Waals surface area contributed by atoms with E-state index >= 15 is 0 Å². The molecule has 1 aliphatic rings. The lowest BCUT2D eigenvalue weighted by molar-refractivity contribution is 0.102. The number of amides is 1. The number of nitrogens with zero attached hydrogens (tertiary/aromatic N) is 1. The standard InChI is InChI=1S/C18H20N2O2/c1-3-22-17-8-7-14(9-12(17)2)18(21)20-15-10-13-5-4-6-16(13)19-11-15/h7-11H,3-6H2,1-2H3,(H,20,21). The second kappa shape index (κ2) is 6.18. The third-order valence-electron chi connectivity index (χ3n) is 3.91. The summed E-state index contributed by atoms with van der Waals surface area (Å²) in [4.78, 5) is 16.8. The fraction of sp³-hybridized carbons (Fsp3) is 0.333. The van der Waals surface area contributed by atoms with Crippen LogP contribution in [0, 0.1) is 6.92 Å². The average molecular weight is 296 g/mol. The molecule has 0 fully saturated rings. The Morgan fingerprint density at radius 2 is 2.18 bits per heavy atom. The van der Waals surface area contributed by atoms with Crippen molar-refractivity contribution in [2.45, 2.75) is 33.1 Å². The lowest BCUT2D eigenvalue weighted by Crippen LogP contribution is -2.13. The fourth-order valence-corrected chi connectivity index (χ4v) is 2.81. The van der Waals surface area contributed by atoms with Gasteiger partial charge in [-0.05, 0) is 68.5 Å². The summed E-state index contributed by atoms with van der Waals surface area (Å²) in [5.41, 5.74) is 4.76. The van der Waals surface area contributed by atoms with Crippen LogP contribution in [0.2, 0.25) is 0 Å². The van der Waals surface area contributed by atoms with E-state index in [1.807, 2.05) is 32.0 Å². The van der Waals surface area contributed by atoms with E-state index in [9.17, 15) is 4.79 Å². The van der Waals surface area contributed by atoms with Crippen LogP contribution in [-0.2, 0) is 12.8 Å². The highest BCUT2D eigenvalue weighted by Crippen LogP contribution is 2.23. The van der Waals surface area contributed by atoms with Gasteiger partial charge in [0.15, 0.2) is 0 Å². The van der Waals surface area contributed by atoms with Crippen molar-refractivity contribution in [3.63, 3.8) is 0 Å². The molecule has 114 valence electrons. The fourth-order valence-electron chi connectivity index (χ4n) is 2.81. The Balaban J connectivity index is 1.75. The van der Waals surface area contributed by atoms with Gasteiger partial charge >= 0.3 is 0 Å². The summed E-state index contributed by atoms with van der Waals surface area (Å²) >= 11 is 0. The first-order valence-corrected chi connectivity index (χ1v) is 7.70. The van der Waals surface area contributed by atoms with Gasteiger partial charge in [0.2, 0.25) is 0 Å². The molecule has 0 aliphatic heterocycles. The van der Waals surface area contributed by atoms with Gasteiger partial charge in [0.05, 0.1) is 18.5 Å². The molecule has 2 aromatic rings. The maximum atomic E-state index is 12.4. The number of pyridine rings is 1. The first kappa shape index (κ1) is 14.6. The molecule has 22 heavy (non-hydrogen) atoms. The molecule has 1 aromatic heterocycles. The summed E-state index contributed by atoms with van der Waals surface area (Å²) in [7, 11) is 0. The van der Waals surface area contributed by atoms with Crippen LogP contribution < -0.4 is 10.1 Å².